The van der Waals surface area contributed by atoms with E-state index in [0.29, 0.717) is 13.1 Å². The Bertz CT molecular complexity index is 1890. The van der Waals surface area contributed by atoms with E-state index in [-0.39, 0.29) is 36.6 Å². The highest BCUT2D eigenvalue weighted by molar-refractivity contribution is 5.93. The summed E-state index contributed by atoms with van der Waals surface area (Å²) in [5, 5.41) is 21.6. The van der Waals surface area contributed by atoms with Gasteiger partial charge in [-0.15, -0.1) is 0 Å². The summed E-state index contributed by atoms with van der Waals surface area (Å²) in [6.45, 7) is 4.76. The molecule has 0 aliphatic carbocycles. The van der Waals surface area contributed by atoms with Crippen LogP contribution in [0.15, 0.2) is 109 Å². The summed E-state index contributed by atoms with van der Waals surface area (Å²) < 4.78 is 10.6. The molecule has 0 aromatic heterocycles. The van der Waals surface area contributed by atoms with Gasteiger partial charge in [0.15, 0.2) is 0 Å². The minimum absolute atomic E-state index is 0.0116. The van der Waals surface area contributed by atoms with Crippen molar-refractivity contribution in [3.05, 3.63) is 152 Å². The van der Waals surface area contributed by atoms with Crippen LogP contribution >= 0.6 is 0 Å². The summed E-state index contributed by atoms with van der Waals surface area (Å²) in [6, 6.07) is 28.1. The molecule has 0 bridgehead atoms. The van der Waals surface area contributed by atoms with E-state index in [2.05, 4.69) is 6.58 Å². The Kier molecular flexibility index (Phi) is 13.3. The maximum absolute atomic E-state index is 12.4. The third kappa shape index (κ3) is 11.8. The van der Waals surface area contributed by atoms with E-state index >= 15 is 0 Å². The van der Waals surface area contributed by atoms with Crippen molar-refractivity contribution in [2.45, 2.75) is 6.42 Å². The fraction of sp³-hybridized carbons (Fsp3) is 0.179. The molecule has 4 aromatic rings. The first-order valence-corrected chi connectivity index (χ1v) is 16.0. The van der Waals surface area contributed by atoms with Crippen molar-refractivity contribution in [3.8, 4) is 0 Å². The second kappa shape index (κ2) is 18.3. The number of ether oxygens (including phenoxy) is 2. The molecule has 51 heavy (non-hydrogen) atoms. The van der Waals surface area contributed by atoms with Crippen LogP contribution in [0.3, 0.4) is 0 Å². The molecule has 0 heterocycles. The lowest BCUT2D eigenvalue weighted by atomic mass is 10.1. The van der Waals surface area contributed by atoms with Crippen molar-refractivity contribution in [2.75, 3.05) is 50.2 Å². The first-order valence-electron chi connectivity index (χ1n) is 16.0. The summed E-state index contributed by atoms with van der Waals surface area (Å²) >= 11 is 0. The third-order valence-corrected chi connectivity index (χ3v) is 7.81. The largest absolute Gasteiger partial charge is 0.464 e. The zero-order chi connectivity index (χ0) is 36.8. The molecule has 0 aliphatic heterocycles. The van der Waals surface area contributed by atoms with Crippen LogP contribution in [0.4, 0.5) is 22.7 Å². The van der Waals surface area contributed by atoms with E-state index in [0.717, 1.165) is 33.6 Å². The van der Waals surface area contributed by atoms with Gasteiger partial charge < -0.3 is 19.3 Å². The lowest BCUT2D eigenvalue weighted by Crippen LogP contribution is -2.25. The molecule has 0 saturated carbocycles. The first-order chi connectivity index (χ1) is 24.5. The van der Waals surface area contributed by atoms with Crippen LogP contribution in [-0.4, -0.2) is 62.2 Å². The highest BCUT2D eigenvalue weighted by atomic mass is 16.6. The molecule has 4 aromatic carbocycles. The number of likely N-dealkylation sites (N-methyl/N-ethyl adjacent to an activating group) is 2. The molecule has 0 aliphatic rings. The molecule has 0 saturated heterocycles. The van der Waals surface area contributed by atoms with E-state index in [1.807, 2.05) is 96.7 Å². The Morgan fingerprint density at radius 3 is 1.29 bits per heavy atom. The molecule has 0 amide bonds. The van der Waals surface area contributed by atoms with Crippen molar-refractivity contribution in [1.82, 2.24) is 0 Å². The standard InChI is InChI=1S/C39H38N4O8/c1-29(39(45)51-27-25-41(3)35-18-10-31(11-19-35)5-7-33-14-22-37(23-15-33)43(48)49)28-38(44)50-26-24-40(2)34-16-8-30(9-17-34)4-6-32-12-20-36(21-13-32)42(46)47/h4-23H,1,24-28H2,2-3H3/b6-4+,7-5+. The second-order valence-corrected chi connectivity index (χ2v) is 11.5. The molecule has 0 fully saturated rings. The van der Waals surface area contributed by atoms with E-state index in [4.69, 9.17) is 9.47 Å². The predicted octanol–water partition coefficient (Wildman–Crippen LogP) is 7.45. The summed E-state index contributed by atoms with van der Waals surface area (Å²) in [4.78, 5) is 49.4. The molecule has 0 spiro atoms. The van der Waals surface area contributed by atoms with E-state index in [1.54, 1.807) is 24.3 Å². The Hall–Kier alpha value is -6.56. The Balaban J connectivity index is 1.11. The average molecular weight is 691 g/mol. The predicted molar refractivity (Wildman–Crippen MR) is 199 cm³/mol. The summed E-state index contributed by atoms with van der Waals surface area (Å²) in [5.41, 5.74) is 5.54. The van der Waals surface area contributed by atoms with Gasteiger partial charge in [0.2, 0.25) is 0 Å². The molecule has 0 radical (unpaired) electrons. The number of anilines is 2. The number of nitrogens with zero attached hydrogens (tertiary/aromatic N) is 4. The Morgan fingerprint density at radius 1 is 0.608 bits per heavy atom. The number of hydrogen-bond acceptors (Lipinski definition) is 10. The average Bonchev–Trinajstić information content (AvgIpc) is 3.13. The van der Waals surface area contributed by atoms with Crippen molar-refractivity contribution in [1.29, 1.82) is 0 Å². The van der Waals surface area contributed by atoms with Crippen LogP contribution < -0.4 is 9.80 Å². The molecule has 12 heteroatoms. The number of hydrogen-bond donors (Lipinski definition) is 0. The van der Waals surface area contributed by atoms with Gasteiger partial charge in [-0.3, -0.25) is 25.0 Å². The quantitative estimate of drug-likeness (QED) is 0.0360. The Morgan fingerprint density at radius 2 is 0.941 bits per heavy atom. The third-order valence-electron chi connectivity index (χ3n) is 7.81. The zero-order valence-corrected chi connectivity index (χ0v) is 28.3. The monoisotopic (exact) mass is 690 g/mol. The normalized spacial score (nSPS) is 10.9. The van der Waals surface area contributed by atoms with Crippen LogP contribution in [-0.2, 0) is 19.1 Å². The molecule has 12 nitrogen and oxygen atoms in total. The van der Waals surface area contributed by atoms with Crippen LogP contribution in [0.2, 0.25) is 0 Å². The molecular formula is C39H38N4O8. The van der Waals surface area contributed by atoms with E-state index in [9.17, 15) is 29.8 Å². The molecule has 4 rings (SSSR count). The topological polar surface area (TPSA) is 145 Å². The number of carbonyl (C=O) groups excluding carboxylic acids is 2. The lowest BCUT2D eigenvalue weighted by Gasteiger charge is -2.20. The number of benzene rings is 4. The summed E-state index contributed by atoms with van der Waals surface area (Å²) in [6.07, 6.45) is 7.30. The number of esters is 2. The van der Waals surface area contributed by atoms with Gasteiger partial charge >= 0.3 is 11.9 Å². The first kappa shape index (κ1) is 37.3. The Labute approximate surface area is 295 Å². The molecule has 0 unspecified atom stereocenters. The van der Waals surface area contributed by atoms with Gasteiger partial charge in [0, 0.05) is 55.3 Å². The van der Waals surface area contributed by atoms with Crippen molar-refractivity contribution >= 4 is 59.0 Å². The zero-order valence-electron chi connectivity index (χ0n) is 28.3. The van der Waals surface area contributed by atoms with Crippen LogP contribution in [0.25, 0.3) is 24.3 Å². The summed E-state index contributed by atoms with van der Waals surface area (Å²) in [5.74, 6) is -1.23. The maximum Gasteiger partial charge on any atom is 0.334 e. The van der Waals surface area contributed by atoms with Gasteiger partial charge in [-0.1, -0.05) is 55.1 Å². The van der Waals surface area contributed by atoms with Crippen molar-refractivity contribution < 1.29 is 28.9 Å². The fourth-order valence-corrected chi connectivity index (χ4v) is 4.71. The number of carbonyl (C=O) groups is 2. The number of non-ortho nitro benzene ring substituents is 2. The smallest absolute Gasteiger partial charge is 0.334 e. The van der Waals surface area contributed by atoms with Crippen molar-refractivity contribution in [2.24, 2.45) is 0 Å². The van der Waals surface area contributed by atoms with Crippen molar-refractivity contribution in [3.63, 3.8) is 0 Å². The fourth-order valence-electron chi connectivity index (χ4n) is 4.71. The van der Waals surface area contributed by atoms with E-state index < -0.39 is 21.8 Å². The van der Waals surface area contributed by atoms with Gasteiger partial charge in [-0.25, -0.2) is 4.79 Å². The molecule has 262 valence electrons. The SMILES string of the molecule is C=C(CC(=O)OCCN(C)c1ccc(/C=C/c2ccc([N+](=O)[O-])cc2)cc1)C(=O)OCCN(C)c1ccc(/C=C/c2ccc([N+](=O)[O-])cc2)cc1. The van der Waals surface area contributed by atoms with Gasteiger partial charge in [-0.2, -0.15) is 0 Å². The molecule has 0 N–H and O–H groups in total. The van der Waals surface area contributed by atoms with Crippen LogP contribution in [0, 0.1) is 20.2 Å². The van der Waals surface area contributed by atoms with Gasteiger partial charge in [0.1, 0.15) is 13.2 Å². The maximum atomic E-state index is 12.4. The highest BCUT2D eigenvalue weighted by Gasteiger charge is 2.15. The van der Waals surface area contributed by atoms with Gasteiger partial charge in [0.25, 0.3) is 11.4 Å². The number of nitro benzene ring substituents is 2. The summed E-state index contributed by atoms with van der Waals surface area (Å²) in [7, 11) is 3.74. The minimum Gasteiger partial charge on any atom is -0.464 e. The lowest BCUT2D eigenvalue weighted by molar-refractivity contribution is -0.385. The second-order valence-electron chi connectivity index (χ2n) is 11.5. The van der Waals surface area contributed by atoms with Crippen LogP contribution in [0.1, 0.15) is 28.7 Å². The van der Waals surface area contributed by atoms with Gasteiger partial charge in [0.05, 0.1) is 29.4 Å². The minimum atomic E-state index is -0.660. The molecular weight excluding hydrogens is 652 g/mol. The van der Waals surface area contributed by atoms with Gasteiger partial charge in [-0.05, 0) is 70.8 Å². The highest BCUT2D eigenvalue weighted by Crippen LogP contribution is 2.19. The van der Waals surface area contributed by atoms with E-state index in [1.165, 1.54) is 24.3 Å². The number of rotatable bonds is 17. The number of nitro groups is 2. The molecule has 0 atom stereocenters. The van der Waals surface area contributed by atoms with Crippen LogP contribution in [0.5, 0.6) is 0 Å².